The minimum atomic E-state index is -0.855. The Hall–Kier alpha value is -1.17. The Morgan fingerprint density at radius 3 is 2.91 bits per heavy atom. The lowest BCUT2D eigenvalue weighted by atomic mass is 10.3. The third-order valence-corrected chi connectivity index (χ3v) is 0.845. The predicted molar refractivity (Wildman–Crippen MR) is 45.3 cm³/mol. The number of nitrogens with two attached hydrogens (primary N) is 1. The molecular formula is C5H9N3O2S. The van der Waals surface area contributed by atoms with Gasteiger partial charge in [0.2, 0.25) is 0 Å². The molecule has 0 saturated heterocycles. The number of hydrazone groups is 1. The van der Waals surface area contributed by atoms with Gasteiger partial charge in [0.25, 0.3) is 0 Å². The molecule has 0 atom stereocenters. The number of hydrogen-bond acceptors (Lipinski definition) is 3. The van der Waals surface area contributed by atoms with Crippen molar-refractivity contribution in [3.05, 3.63) is 0 Å². The summed E-state index contributed by atoms with van der Waals surface area (Å²) in [5.74, 6) is -0.855. The maximum atomic E-state index is 9.96. The van der Waals surface area contributed by atoms with Gasteiger partial charge in [-0.15, -0.1) is 0 Å². The largest absolute Gasteiger partial charge is 0.481 e. The number of carboxylic acid groups (broad SMARTS) is 1. The SMILES string of the molecule is NC(=S)NN=CCCC(=O)O. The number of nitrogens with zero attached hydrogens (tertiary/aromatic N) is 1. The summed E-state index contributed by atoms with van der Waals surface area (Å²) in [5, 5.41) is 11.8. The van der Waals surface area contributed by atoms with E-state index in [0.29, 0.717) is 6.42 Å². The highest BCUT2D eigenvalue weighted by molar-refractivity contribution is 7.80. The average molecular weight is 175 g/mol. The molecule has 0 unspecified atom stereocenters. The summed E-state index contributed by atoms with van der Waals surface area (Å²) in [7, 11) is 0. The van der Waals surface area contributed by atoms with Crippen LogP contribution in [0.15, 0.2) is 5.10 Å². The van der Waals surface area contributed by atoms with Crippen LogP contribution in [0, 0.1) is 0 Å². The Labute approximate surface area is 69.3 Å². The zero-order chi connectivity index (χ0) is 8.69. The molecule has 0 fully saturated rings. The van der Waals surface area contributed by atoms with Crippen molar-refractivity contribution in [1.82, 2.24) is 5.43 Å². The number of nitrogens with one attached hydrogen (secondary N) is 1. The number of rotatable bonds is 4. The van der Waals surface area contributed by atoms with Crippen LogP contribution in [-0.2, 0) is 4.79 Å². The Balaban J connectivity index is 3.30. The van der Waals surface area contributed by atoms with Crippen molar-refractivity contribution in [3.8, 4) is 0 Å². The number of carboxylic acids is 1. The standard InChI is InChI=1S/C5H9N3O2S/c6-5(11)8-7-3-1-2-4(9)10/h3H,1-2H2,(H,9,10)(H3,6,8,11). The lowest BCUT2D eigenvalue weighted by Crippen LogP contribution is -2.23. The monoisotopic (exact) mass is 175 g/mol. The Morgan fingerprint density at radius 2 is 2.45 bits per heavy atom. The number of carbonyl (C=O) groups is 1. The van der Waals surface area contributed by atoms with Gasteiger partial charge < -0.3 is 10.8 Å². The van der Waals surface area contributed by atoms with Crippen LogP contribution >= 0.6 is 12.2 Å². The lowest BCUT2D eigenvalue weighted by Gasteiger charge is -1.92. The molecule has 0 amide bonds. The highest BCUT2D eigenvalue weighted by Gasteiger charge is 1.91. The third kappa shape index (κ3) is 8.83. The van der Waals surface area contributed by atoms with Gasteiger partial charge in [0.15, 0.2) is 5.11 Å². The van der Waals surface area contributed by atoms with Crippen LogP contribution in [0.1, 0.15) is 12.8 Å². The summed E-state index contributed by atoms with van der Waals surface area (Å²) in [5.41, 5.74) is 7.33. The van der Waals surface area contributed by atoms with E-state index in [-0.39, 0.29) is 11.5 Å². The van der Waals surface area contributed by atoms with Crippen molar-refractivity contribution in [3.63, 3.8) is 0 Å². The summed E-state index contributed by atoms with van der Waals surface area (Å²) in [6.45, 7) is 0. The first kappa shape index (κ1) is 9.83. The molecule has 11 heavy (non-hydrogen) atoms. The minimum absolute atomic E-state index is 0.0580. The zero-order valence-corrected chi connectivity index (χ0v) is 6.60. The van der Waals surface area contributed by atoms with Crippen molar-refractivity contribution in [1.29, 1.82) is 0 Å². The Kier molecular flexibility index (Phi) is 5.01. The highest BCUT2D eigenvalue weighted by Crippen LogP contribution is 1.82. The number of hydrogen-bond donors (Lipinski definition) is 3. The molecule has 0 aromatic carbocycles. The molecule has 4 N–H and O–H groups in total. The highest BCUT2D eigenvalue weighted by atomic mass is 32.1. The van der Waals surface area contributed by atoms with E-state index in [1.807, 2.05) is 0 Å². The molecule has 62 valence electrons. The second-order valence-electron chi connectivity index (χ2n) is 1.72. The number of thiocarbonyl (C=S) groups is 1. The summed E-state index contributed by atoms with van der Waals surface area (Å²) in [6.07, 6.45) is 1.83. The summed E-state index contributed by atoms with van der Waals surface area (Å²) in [6, 6.07) is 0. The quantitative estimate of drug-likeness (QED) is 0.309. The molecule has 0 aliphatic heterocycles. The molecule has 5 nitrogen and oxygen atoms in total. The van der Waals surface area contributed by atoms with E-state index in [0.717, 1.165) is 0 Å². The van der Waals surface area contributed by atoms with Crippen LogP contribution in [0.4, 0.5) is 0 Å². The minimum Gasteiger partial charge on any atom is -0.481 e. The molecule has 0 aromatic rings. The van der Waals surface area contributed by atoms with Crippen LogP contribution in [0.3, 0.4) is 0 Å². The van der Waals surface area contributed by atoms with E-state index in [1.165, 1.54) is 6.21 Å². The molecule has 6 heteroatoms. The summed E-state index contributed by atoms with van der Waals surface area (Å²) < 4.78 is 0. The predicted octanol–water partition coefficient (Wildman–Crippen LogP) is -0.330. The zero-order valence-electron chi connectivity index (χ0n) is 5.78. The van der Waals surface area contributed by atoms with Gasteiger partial charge in [-0.3, -0.25) is 10.2 Å². The van der Waals surface area contributed by atoms with Gasteiger partial charge in [0, 0.05) is 6.21 Å². The maximum Gasteiger partial charge on any atom is 0.303 e. The van der Waals surface area contributed by atoms with Crippen LogP contribution in [0.25, 0.3) is 0 Å². The second kappa shape index (κ2) is 5.60. The smallest absolute Gasteiger partial charge is 0.303 e. The topological polar surface area (TPSA) is 87.7 Å². The van der Waals surface area contributed by atoms with Gasteiger partial charge in [0.1, 0.15) is 0 Å². The Morgan fingerprint density at radius 1 is 1.82 bits per heavy atom. The van der Waals surface area contributed by atoms with E-state index in [4.69, 9.17) is 10.8 Å². The van der Waals surface area contributed by atoms with Crippen LogP contribution < -0.4 is 11.2 Å². The van der Waals surface area contributed by atoms with Gasteiger partial charge >= 0.3 is 5.97 Å². The van der Waals surface area contributed by atoms with Gasteiger partial charge in [-0.1, -0.05) is 0 Å². The van der Waals surface area contributed by atoms with E-state index < -0.39 is 5.97 Å². The van der Waals surface area contributed by atoms with Crippen molar-refractivity contribution in [2.75, 3.05) is 0 Å². The average Bonchev–Trinajstić information content (AvgIpc) is 1.85. The fraction of sp³-hybridized carbons (Fsp3) is 0.400. The van der Waals surface area contributed by atoms with E-state index >= 15 is 0 Å². The molecule has 0 rings (SSSR count). The second-order valence-corrected chi connectivity index (χ2v) is 2.16. The normalized spacial score (nSPS) is 9.82. The van der Waals surface area contributed by atoms with Gasteiger partial charge in [0.05, 0.1) is 6.42 Å². The fourth-order valence-electron chi connectivity index (χ4n) is 0.362. The molecule has 0 aliphatic carbocycles. The van der Waals surface area contributed by atoms with E-state index in [1.54, 1.807) is 0 Å². The first-order valence-corrected chi connectivity index (χ1v) is 3.32. The van der Waals surface area contributed by atoms with Crippen molar-refractivity contribution in [2.45, 2.75) is 12.8 Å². The van der Waals surface area contributed by atoms with Crippen molar-refractivity contribution >= 4 is 29.5 Å². The van der Waals surface area contributed by atoms with Crippen molar-refractivity contribution in [2.24, 2.45) is 10.8 Å². The first-order valence-electron chi connectivity index (χ1n) is 2.91. The molecule has 0 radical (unpaired) electrons. The molecule has 0 aromatic heterocycles. The summed E-state index contributed by atoms with van der Waals surface area (Å²) >= 11 is 4.43. The van der Waals surface area contributed by atoms with E-state index in [2.05, 4.69) is 22.7 Å². The van der Waals surface area contributed by atoms with E-state index in [9.17, 15) is 4.79 Å². The van der Waals surface area contributed by atoms with Crippen LogP contribution in [-0.4, -0.2) is 22.4 Å². The molecule has 0 heterocycles. The molecule has 0 spiro atoms. The maximum absolute atomic E-state index is 9.96. The van der Waals surface area contributed by atoms with Crippen molar-refractivity contribution < 1.29 is 9.90 Å². The lowest BCUT2D eigenvalue weighted by molar-refractivity contribution is -0.136. The number of aliphatic carboxylic acids is 1. The third-order valence-electron chi connectivity index (χ3n) is 0.753. The summed E-state index contributed by atoms with van der Waals surface area (Å²) in [4.78, 5) is 9.96. The molecule has 0 aliphatic rings. The van der Waals surface area contributed by atoms with Crippen LogP contribution in [0.2, 0.25) is 0 Å². The van der Waals surface area contributed by atoms with Gasteiger partial charge in [-0.25, -0.2) is 0 Å². The fourth-order valence-corrected chi connectivity index (χ4v) is 0.415. The van der Waals surface area contributed by atoms with Gasteiger partial charge in [-0.2, -0.15) is 5.10 Å². The first-order chi connectivity index (χ1) is 5.13. The molecular weight excluding hydrogens is 166 g/mol. The van der Waals surface area contributed by atoms with Crippen LogP contribution in [0.5, 0.6) is 0 Å². The Bertz CT molecular complexity index is 181. The van der Waals surface area contributed by atoms with Gasteiger partial charge in [-0.05, 0) is 18.6 Å². The molecule has 0 bridgehead atoms. The molecule has 0 saturated carbocycles.